The summed E-state index contributed by atoms with van der Waals surface area (Å²) in [7, 11) is 0. The highest BCUT2D eigenvalue weighted by molar-refractivity contribution is 5.81. The van der Waals surface area contributed by atoms with Crippen LogP contribution in [0.2, 0.25) is 0 Å². The summed E-state index contributed by atoms with van der Waals surface area (Å²) < 4.78 is 0. The third-order valence-electron chi connectivity index (χ3n) is 3.00. The third-order valence-corrected chi connectivity index (χ3v) is 3.00. The second kappa shape index (κ2) is 7.79. The Kier molecular flexibility index (Phi) is 5.62. The van der Waals surface area contributed by atoms with Gasteiger partial charge in [-0.1, -0.05) is 0 Å². The number of guanidine groups is 2. The molecule has 0 amide bonds. The second-order valence-electron chi connectivity index (χ2n) is 4.58. The quantitative estimate of drug-likeness (QED) is 0.518. The predicted octanol–water partition coefficient (Wildman–Crippen LogP) is -0.356. The molecule has 0 aromatic rings. The Morgan fingerprint density at radius 1 is 0.778 bits per heavy atom. The summed E-state index contributed by atoms with van der Waals surface area (Å²) in [4.78, 5) is 8.89. The Morgan fingerprint density at radius 3 is 1.78 bits per heavy atom. The fourth-order valence-corrected chi connectivity index (χ4v) is 1.98. The molecule has 4 N–H and O–H groups in total. The SMILES string of the molecule is C1CCNC(NCCNC2=NCCCCN2)=NC1. The average Bonchev–Trinajstić information content (AvgIpc) is 2.79. The zero-order chi connectivity index (χ0) is 12.5. The van der Waals surface area contributed by atoms with Crippen molar-refractivity contribution in [2.24, 2.45) is 9.98 Å². The molecule has 2 aliphatic heterocycles. The molecule has 0 saturated carbocycles. The second-order valence-corrected chi connectivity index (χ2v) is 4.58. The van der Waals surface area contributed by atoms with Crippen LogP contribution in [0.4, 0.5) is 0 Å². The minimum atomic E-state index is 0.854. The van der Waals surface area contributed by atoms with E-state index in [4.69, 9.17) is 0 Å². The zero-order valence-corrected chi connectivity index (χ0v) is 11.0. The summed E-state index contributed by atoms with van der Waals surface area (Å²) in [6.07, 6.45) is 4.76. The van der Waals surface area contributed by atoms with E-state index in [1.54, 1.807) is 0 Å². The number of aliphatic imine (C=N–C) groups is 2. The van der Waals surface area contributed by atoms with Gasteiger partial charge in [-0.05, 0) is 25.7 Å². The van der Waals surface area contributed by atoms with Gasteiger partial charge in [0.25, 0.3) is 0 Å². The Hall–Kier alpha value is -1.46. The van der Waals surface area contributed by atoms with Gasteiger partial charge in [0.15, 0.2) is 11.9 Å². The summed E-state index contributed by atoms with van der Waals surface area (Å²) in [5.41, 5.74) is 0. The van der Waals surface area contributed by atoms with Crippen LogP contribution in [0, 0.1) is 0 Å². The van der Waals surface area contributed by atoms with Crippen molar-refractivity contribution in [1.82, 2.24) is 21.3 Å². The highest BCUT2D eigenvalue weighted by atomic mass is 15.2. The highest BCUT2D eigenvalue weighted by Gasteiger charge is 2.03. The van der Waals surface area contributed by atoms with Crippen LogP contribution >= 0.6 is 0 Å². The van der Waals surface area contributed by atoms with Crippen LogP contribution in [0.3, 0.4) is 0 Å². The van der Waals surface area contributed by atoms with Crippen LogP contribution in [0.25, 0.3) is 0 Å². The minimum Gasteiger partial charge on any atom is -0.356 e. The highest BCUT2D eigenvalue weighted by Crippen LogP contribution is 1.93. The molecule has 0 aromatic heterocycles. The number of hydrogen-bond acceptors (Lipinski definition) is 6. The van der Waals surface area contributed by atoms with E-state index in [0.717, 1.165) is 51.2 Å². The topological polar surface area (TPSA) is 72.8 Å². The first-order chi connectivity index (χ1) is 8.95. The van der Waals surface area contributed by atoms with Crippen molar-refractivity contribution in [3.8, 4) is 0 Å². The van der Waals surface area contributed by atoms with E-state index < -0.39 is 0 Å². The van der Waals surface area contributed by atoms with Gasteiger partial charge in [0, 0.05) is 39.3 Å². The van der Waals surface area contributed by atoms with Crippen molar-refractivity contribution in [3.63, 3.8) is 0 Å². The van der Waals surface area contributed by atoms with Crippen molar-refractivity contribution in [3.05, 3.63) is 0 Å². The summed E-state index contributed by atoms with van der Waals surface area (Å²) in [5.74, 6) is 1.87. The molecule has 102 valence electrons. The van der Waals surface area contributed by atoms with E-state index in [0.29, 0.717) is 0 Å². The summed E-state index contributed by atoms with van der Waals surface area (Å²) in [5, 5.41) is 13.2. The van der Waals surface area contributed by atoms with E-state index in [9.17, 15) is 0 Å². The van der Waals surface area contributed by atoms with E-state index in [1.807, 2.05) is 0 Å². The smallest absolute Gasteiger partial charge is 0.191 e. The maximum Gasteiger partial charge on any atom is 0.191 e. The minimum absolute atomic E-state index is 0.854. The lowest BCUT2D eigenvalue weighted by atomic mass is 10.3. The summed E-state index contributed by atoms with van der Waals surface area (Å²) in [6.45, 7) is 5.61. The Labute approximate surface area is 109 Å². The molecule has 0 spiro atoms. The molecule has 0 bridgehead atoms. The molecule has 0 aromatic carbocycles. The van der Waals surface area contributed by atoms with Crippen molar-refractivity contribution in [1.29, 1.82) is 0 Å². The van der Waals surface area contributed by atoms with Gasteiger partial charge in [-0.15, -0.1) is 0 Å². The largest absolute Gasteiger partial charge is 0.356 e. The molecule has 2 aliphatic rings. The van der Waals surface area contributed by atoms with Crippen LogP contribution in [0.1, 0.15) is 25.7 Å². The van der Waals surface area contributed by atoms with Gasteiger partial charge < -0.3 is 21.3 Å². The van der Waals surface area contributed by atoms with E-state index in [1.165, 1.54) is 25.7 Å². The molecule has 2 rings (SSSR count). The first-order valence-corrected chi connectivity index (χ1v) is 6.99. The molecule has 0 atom stereocenters. The Morgan fingerprint density at radius 2 is 1.28 bits per heavy atom. The number of rotatable bonds is 3. The van der Waals surface area contributed by atoms with Gasteiger partial charge in [0.2, 0.25) is 0 Å². The molecular formula is C12H24N6. The molecule has 0 unspecified atom stereocenters. The monoisotopic (exact) mass is 252 g/mol. The fourth-order valence-electron chi connectivity index (χ4n) is 1.98. The summed E-state index contributed by atoms with van der Waals surface area (Å²) >= 11 is 0. The van der Waals surface area contributed by atoms with Crippen molar-refractivity contribution in [2.45, 2.75) is 25.7 Å². The van der Waals surface area contributed by atoms with Gasteiger partial charge in [0.1, 0.15) is 0 Å². The molecule has 6 nitrogen and oxygen atoms in total. The standard InChI is InChI=1S/C12H24N6/c1-2-6-14-11(13-5-1)17-9-10-18-12-15-7-3-4-8-16-12/h1-10H2,(H2,13,14,17)(H2,15,16,18). The van der Waals surface area contributed by atoms with Crippen LogP contribution in [-0.2, 0) is 0 Å². The van der Waals surface area contributed by atoms with E-state index >= 15 is 0 Å². The summed E-state index contributed by atoms with van der Waals surface area (Å²) in [6, 6.07) is 0. The van der Waals surface area contributed by atoms with Gasteiger partial charge in [-0.3, -0.25) is 9.98 Å². The van der Waals surface area contributed by atoms with E-state index in [-0.39, 0.29) is 0 Å². The van der Waals surface area contributed by atoms with E-state index in [2.05, 4.69) is 31.3 Å². The van der Waals surface area contributed by atoms with Crippen LogP contribution in [-0.4, -0.2) is 51.2 Å². The number of hydrogen-bond donors (Lipinski definition) is 4. The Balaban J connectivity index is 1.60. The molecule has 0 fully saturated rings. The Bertz CT molecular complexity index is 269. The molecule has 0 saturated heterocycles. The molecule has 2 heterocycles. The lowest BCUT2D eigenvalue weighted by Gasteiger charge is -2.12. The first-order valence-electron chi connectivity index (χ1n) is 6.99. The maximum absolute atomic E-state index is 4.44. The molecule has 0 radical (unpaired) electrons. The lowest BCUT2D eigenvalue weighted by Crippen LogP contribution is -2.44. The van der Waals surface area contributed by atoms with Gasteiger partial charge >= 0.3 is 0 Å². The van der Waals surface area contributed by atoms with Crippen LogP contribution < -0.4 is 21.3 Å². The first kappa shape index (κ1) is 13.0. The average molecular weight is 252 g/mol. The molecule has 6 heteroatoms. The lowest BCUT2D eigenvalue weighted by molar-refractivity contribution is 0.728. The fraction of sp³-hybridized carbons (Fsp3) is 0.833. The van der Waals surface area contributed by atoms with Crippen LogP contribution in [0.15, 0.2) is 9.98 Å². The third kappa shape index (κ3) is 4.81. The van der Waals surface area contributed by atoms with Gasteiger partial charge in [0.05, 0.1) is 0 Å². The van der Waals surface area contributed by atoms with Gasteiger partial charge in [-0.25, -0.2) is 0 Å². The van der Waals surface area contributed by atoms with Crippen molar-refractivity contribution >= 4 is 11.9 Å². The zero-order valence-electron chi connectivity index (χ0n) is 11.0. The van der Waals surface area contributed by atoms with Gasteiger partial charge in [-0.2, -0.15) is 0 Å². The normalized spacial score (nSPS) is 20.4. The molecular weight excluding hydrogens is 228 g/mol. The van der Waals surface area contributed by atoms with Crippen LogP contribution in [0.5, 0.6) is 0 Å². The number of nitrogens with one attached hydrogen (secondary N) is 4. The van der Waals surface area contributed by atoms with Crippen molar-refractivity contribution in [2.75, 3.05) is 39.3 Å². The predicted molar refractivity (Wildman–Crippen MR) is 75.1 cm³/mol. The molecule has 18 heavy (non-hydrogen) atoms. The number of nitrogens with zero attached hydrogens (tertiary/aromatic N) is 2. The maximum atomic E-state index is 4.44. The molecule has 0 aliphatic carbocycles. The van der Waals surface area contributed by atoms with Crippen molar-refractivity contribution < 1.29 is 0 Å².